The highest BCUT2D eigenvalue weighted by Gasteiger charge is 2.13. The van der Waals surface area contributed by atoms with E-state index in [1.165, 1.54) is 0 Å². The molecule has 1 aliphatic heterocycles. The Labute approximate surface area is 153 Å². The molecule has 1 aromatic carbocycles. The van der Waals surface area contributed by atoms with Gasteiger partial charge in [-0.2, -0.15) is 0 Å². The van der Waals surface area contributed by atoms with Gasteiger partial charge in [0.25, 0.3) is 0 Å². The van der Waals surface area contributed by atoms with Crippen molar-refractivity contribution in [2.75, 3.05) is 50.1 Å². The molecule has 8 heteroatoms. The number of carbonyl (C=O) groups excluding carboxylic acids is 1. The number of amides is 1. The molecule has 26 heavy (non-hydrogen) atoms. The van der Waals surface area contributed by atoms with Crippen molar-refractivity contribution in [2.45, 2.75) is 13.5 Å². The first kappa shape index (κ1) is 18.3. The molecule has 0 unspecified atom stereocenters. The summed E-state index contributed by atoms with van der Waals surface area (Å²) in [5, 5.41) is 11.1. The zero-order chi connectivity index (χ0) is 18.5. The van der Waals surface area contributed by atoms with Gasteiger partial charge in [-0.1, -0.05) is 0 Å². The van der Waals surface area contributed by atoms with Gasteiger partial charge in [0.1, 0.15) is 11.6 Å². The summed E-state index contributed by atoms with van der Waals surface area (Å²) < 4.78 is 7.30. The number of carbonyl (C=O) groups is 1. The summed E-state index contributed by atoms with van der Waals surface area (Å²) in [6.45, 7) is 6.09. The van der Waals surface area contributed by atoms with E-state index in [4.69, 9.17) is 4.74 Å². The van der Waals surface area contributed by atoms with Crippen LogP contribution in [0.5, 0.6) is 0 Å². The molecule has 0 saturated carbocycles. The lowest BCUT2D eigenvalue weighted by molar-refractivity contribution is -0.117. The van der Waals surface area contributed by atoms with Gasteiger partial charge in [-0.15, -0.1) is 10.2 Å². The van der Waals surface area contributed by atoms with E-state index < -0.39 is 0 Å². The van der Waals surface area contributed by atoms with Crippen LogP contribution in [0.1, 0.15) is 11.6 Å². The Morgan fingerprint density at radius 3 is 2.54 bits per heavy atom. The van der Waals surface area contributed by atoms with Gasteiger partial charge in [0.15, 0.2) is 0 Å². The first-order chi connectivity index (χ1) is 12.5. The van der Waals surface area contributed by atoms with Crippen LogP contribution in [0.3, 0.4) is 0 Å². The standard InChI is InChI=1S/C18H26N6O2/c1-14-20-21-17(23(14)3)12-22(2)13-18(25)19-15-4-6-16(7-5-15)24-8-10-26-11-9-24/h4-7H,8-13H2,1-3H3,(H,19,25). The van der Waals surface area contributed by atoms with Crippen LogP contribution in [0.2, 0.25) is 0 Å². The first-order valence-electron chi connectivity index (χ1n) is 8.79. The minimum absolute atomic E-state index is 0.0505. The Kier molecular flexibility index (Phi) is 5.85. The molecular formula is C18H26N6O2. The lowest BCUT2D eigenvalue weighted by Gasteiger charge is -2.28. The summed E-state index contributed by atoms with van der Waals surface area (Å²) >= 11 is 0. The fraction of sp³-hybridized carbons (Fsp3) is 0.500. The highest BCUT2D eigenvalue weighted by molar-refractivity contribution is 5.92. The fourth-order valence-electron chi connectivity index (χ4n) is 2.91. The van der Waals surface area contributed by atoms with E-state index in [9.17, 15) is 4.79 Å². The van der Waals surface area contributed by atoms with Crippen LogP contribution < -0.4 is 10.2 Å². The Balaban J connectivity index is 1.50. The van der Waals surface area contributed by atoms with Gasteiger partial charge in [-0.3, -0.25) is 9.69 Å². The number of nitrogens with one attached hydrogen (secondary N) is 1. The molecule has 1 aliphatic rings. The van der Waals surface area contributed by atoms with Crippen molar-refractivity contribution in [1.29, 1.82) is 0 Å². The molecular weight excluding hydrogens is 332 g/mol. The Morgan fingerprint density at radius 1 is 1.23 bits per heavy atom. The van der Waals surface area contributed by atoms with E-state index >= 15 is 0 Å². The van der Waals surface area contributed by atoms with Crippen LogP contribution in [0.25, 0.3) is 0 Å². The molecule has 1 N–H and O–H groups in total. The van der Waals surface area contributed by atoms with E-state index in [1.807, 2.05) is 54.8 Å². The number of aromatic nitrogens is 3. The molecule has 0 atom stereocenters. The van der Waals surface area contributed by atoms with E-state index in [0.29, 0.717) is 6.54 Å². The molecule has 8 nitrogen and oxygen atoms in total. The number of anilines is 2. The number of rotatable bonds is 6. The topological polar surface area (TPSA) is 75.5 Å². The Bertz CT molecular complexity index is 737. The number of hydrogen-bond donors (Lipinski definition) is 1. The first-order valence-corrected chi connectivity index (χ1v) is 8.79. The summed E-state index contributed by atoms with van der Waals surface area (Å²) in [4.78, 5) is 16.5. The third-order valence-electron chi connectivity index (χ3n) is 4.53. The molecule has 1 amide bonds. The van der Waals surface area contributed by atoms with Gasteiger partial charge in [0, 0.05) is 31.5 Å². The lowest BCUT2D eigenvalue weighted by Crippen LogP contribution is -2.36. The van der Waals surface area contributed by atoms with Crippen molar-refractivity contribution in [3.05, 3.63) is 35.9 Å². The molecule has 0 aliphatic carbocycles. The summed E-state index contributed by atoms with van der Waals surface area (Å²) in [7, 11) is 3.82. The fourth-order valence-corrected chi connectivity index (χ4v) is 2.91. The molecule has 1 fully saturated rings. The van der Waals surface area contributed by atoms with Crippen LogP contribution >= 0.6 is 0 Å². The van der Waals surface area contributed by atoms with Crippen molar-refractivity contribution < 1.29 is 9.53 Å². The van der Waals surface area contributed by atoms with Gasteiger partial charge in [0.2, 0.25) is 5.91 Å². The average molecular weight is 358 g/mol. The summed E-state index contributed by atoms with van der Waals surface area (Å²) in [5.74, 6) is 1.65. The molecule has 0 spiro atoms. The van der Waals surface area contributed by atoms with Crippen LogP contribution in [0.15, 0.2) is 24.3 Å². The average Bonchev–Trinajstić information content (AvgIpc) is 2.95. The molecule has 3 rings (SSSR count). The Hall–Kier alpha value is -2.45. The molecule has 0 radical (unpaired) electrons. The van der Waals surface area contributed by atoms with Crippen molar-refractivity contribution in [2.24, 2.45) is 7.05 Å². The van der Waals surface area contributed by atoms with Crippen molar-refractivity contribution in [3.8, 4) is 0 Å². The molecule has 0 bridgehead atoms. The predicted molar refractivity (Wildman–Crippen MR) is 100 cm³/mol. The smallest absolute Gasteiger partial charge is 0.238 e. The second kappa shape index (κ2) is 8.29. The zero-order valence-corrected chi connectivity index (χ0v) is 15.6. The number of morpholine rings is 1. The van der Waals surface area contributed by atoms with Crippen LogP contribution in [-0.2, 0) is 23.1 Å². The minimum atomic E-state index is -0.0505. The SMILES string of the molecule is Cc1nnc(CN(C)CC(=O)Nc2ccc(N3CCOCC3)cc2)n1C. The lowest BCUT2D eigenvalue weighted by atomic mass is 10.2. The largest absolute Gasteiger partial charge is 0.378 e. The molecule has 2 heterocycles. The van der Waals surface area contributed by atoms with Crippen LogP contribution in [0, 0.1) is 6.92 Å². The molecule has 1 saturated heterocycles. The highest BCUT2D eigenvalue weighted by Crippen LogP contribution is 2.19. The van der Waals surface area contributed by atoms with Gasteiger partial charge in [0.05, 0.1) is 26.3 Å². The van der Waals surface area contributed by atoms with Gasteiger partial charge in [-0.05, 0) is 38.2 Å². The number of benzene rings is 1. The number of ether oxygens (including phenoxy) is 1. The van der Waals surface area contributed by atoms with Crippen LogP contribution in [0.4, 0.5) is 11.4 Å². The van der Waals surface area contributed by atoms with E-state index in [1.54, 1.807) is 0 Å². The van der Waals surface area contributed by atoms with Crippen molar-refractivity contribution in [3.63, 3.8) is 0 Å². The summed E-state index contributed by atoms with van der Waals surface area (Å²) in [6.07, 6.45) is 0. The minimum Gasteiger partial charge on any atom is -0.378 e. The number of hydrogen-bond acceptors (Lipinski definition) is 6. The number of likely N-dealkylation sites (N-methyl/N-ethyl adjacent to an activating group) is 1. The molecule has 140 valence electrons. The Morgan fingerprint density at radius 2 is 1.92 bits per heavy atom. The molecule has 1 aromatic heterocycles. The predicted octanol–water partition coefficient (Wildman–Crippen LogP) is 1.03. The third kappa shape index (κ3) is 4.59. The maximum Gasteiger partial charge on any atom is 0.238 e. The van der Waals surface area contributed by atoms with Crippen molar-refractivity contribution >= 4 is 17.3 Å². The summed E-state index contributed by atoms with van der Waals surface area (Å²) in [5.41, 5.74) is 1.95. The van der Waals surface area contributed by atoms with Gasteiger partial charge in [-0.25, -0.2) is 0 Å². The number of aryl methyl sites for hydroxylation is 1. The second-order valence-electron chi connectivity index (χ2n) is 6.59. The van der Waals surface area contributed by atoms with E-state index in [2.05, 4.69) is 20.4 Å². The summed E-state index contributed by atoms with van der Waals surface area (Å²) in [6, 6.07) is 7.95. The zero-order valence-electron chi connectivity index (χ0n) is 15.6. The van der Waals surface area contributed by atoms with Gasteiger partial charge < -0.3 is 19.5 Å². The number of nitrogens with zero attached hydrogens (tertiary/aromatic N) is 5. The monoisotopic (exact) mass is 358 g/mol. The van der Waals surface area contributed by atoms with Crippen molar-refractivity contribution in [1.82, 2.24) is 19.7 Å². The van der Waals surface area contributed by atoms with E-state index in [-0.39, 0.29) is 12.5 Å². The third-order valence-corrected chi connectivity index (χ3v) is 4.53. The highest BCUT2D eigenvalue weighted by atomic mass is 16.5. The van der Waals surface area contributed by atoms with Crippen LogP contribution in [-0.4, -0.2) is 65.5 Å². The van der Waals surface area contributed by atoms with Gasteiger partial charge >= 0.3 is 0 Å². The second-order valence-corrected chi connectivity index (χ2v) is 6.59. The van der Waals surface area contributed by atoms with E-state index in [0.717, 1.165) is 49.3 Å². The molecule has 2 aromatic rings. The maximum absolute atomic E-state index is 12.3. The maximum atomic E-state index is 12.3. The normalized spacial score (nSPS) is 14.7. The quantitative estimate of drug-likeness (QED) is 0.831.